The van der Waals surface area contributed by atoms with Crippen LogP contribution in [-0.2, 0) is 6.61 Å². The summed E-state index contributed by atoms with van der Waals surface area (Å²) in [6.07, 6.45) is 0.905. The van der Waals surface area contributed by atoms with Gasteiger partial charge >= 0.3 is 0 Å². The van der Waals surface area contributed by atoms with E-state index in [1.807, 2.05) is 18.2 Å². The predicted molar refractivity (Wildman–Crippen MR) is 89.8 cm³/mol. The first kappa shape index (κ1) is 14.1. The Kier molecular flexibility index (Phi) is 4.23. The van der Waals surface area contributed by atoms with Gasteiger partial charge in [0.25, 0.3) is 0 Å². The van der Waals surface area contributed by atoms with Gasteiger partial charge in [-0.25, -0.2) is 0 Å². The van der Waals surface area contributed by atoms with E-state index in [0.29, 0.717) is 6.61 Å². The van der Waals surface area contributed by atoms with Gasteiger partial charge in [-0.3, -0.25) is 0 Å². The molecule has 1 unspecified atom stereocenters. The van der Waals surface area contributed by atoms with Gasteiger partial charge in [-0.05, 0) is 29.3 Å². The summed E-state index contributed by atoms with van der Waals surface area (Å²) in [6.45, 7) is 2.67. The number of hydrogen-bond donors (Lipinski definition) is 1. The Bertz CT molecular complexity index is 735. The van der Waals surface area contributed by atoms with E-state index in [1.165, 1.54) is 15.6 Å². The van der Waals surface area contributed by atoms with Crippen LogP contribution in [-0.4, -0.2) is 0 Å². The number of ether oxygens (including phenoxy) is 1. The van der Waals surface area contributed by atoms with E-state index >= 15 is 0 Å². The van der Waals surface area contributed by atoms with E-state index in [9.17, 15) is 0 Å². The van der Waals surface area contributed by atoms with Gasteiger partial charge in [0.05, 0.1) is 0 Å². The van der Waals surface area contributed by atoms with E-state index in [0.717, 1.165) is 17.7 Å². The molecule has 3 heteroatoms. The van der Waals surface area contributed by atoms with Gasteiger partial charge in [0.2, 0.25) is 0 Å². The fourth-order valence-corrected chi connectivity index (χ4v) is 3.39. The minimum absolute atomic E-state index is 0.0282. The lowest BCUT2D eigenvalue weighted by Gasteiger charge is -2.15. The molecule has 3 aromatic rings. The second kappa shape index (κ2) is 6.29. The van der Waals surface area contributed by atoms with Gasteiger partial charge in [-0.1, -0.05) is 43.3 Å². The molecule has 0 amide bonds. The summed E-state index contributed by atoms with van der Waals surface area (Å²) in [5.74, 6) is 0.891. The summed E-state index contributed by atoms with van der Waals surface area (Å²) in [6, 6.07) is 16.5. The average molecular weight is 297 g/mol. The maximum Gasteiger partial charge on any atom is 0.124 e. The number of nitrogens with two attached hydrogens (primary N) is 1. The number of benzene rings is 2. The van der Waals surface area contributed by atoms with Crippen molar-refractivity contribution in [3.63, 3.8) is 0 Å². The number of para-hydroxylation sites is 1. The highest BCUT2D eigenvalue weighted by molar-refractivity contribution is 7.17. The highest BCUT2D eigenvalue weighted by Crippen LogP contribution is 2.29. The maximum atomic E-state index is 6.16. The summed E-state index contributed by atoms with van der Waals surface area (Å²) >= 11 is 1.76. The quantitative estimate of drug-likeness (QED) is 0.727. The molecule has 0 spiro atoms. The minimum atomic E-state index is 0.0282. The fraction of sp³-hybridized carbons (Fsp3) is 0.222. The van der Waals surface area contributed by atoms with Crippen molar-refractivity contribution in [1.82, 2.24) is 0 Å². The molecule has 108 valence electrons. The molecule has 0 fully saturated rings. The van der Waals surface area contributed by atoms with Crippen LogP contribution in [0.1, 0.15) is 30.5 Å². The molecule has 1 aromatic heterocycles. The van der Waals surface area contributed by atoms with Crippen molar-refractivity contribution in [2.75, 3.05) is 0 Å². The molecule has 2 nitrogen and oxygen atoms in total. The van der Waals surface area contributed by atoms with Gasteiger partial charge in [0.15, 0.2) is 0 Å². The van der Waals surface area contributed by atoms with Gasteiger partial charge < -0.3 is 10.5 Å². The topological polar surface area (TPSA) is 35.2 Å². The molecule has 1 atom stereocenters. The van der Waals surface area contributed by atoms with Gasteiger partial charge in [-0.2, -0.15) is 0 Å². The van der Waals surface area contributed by atoms with Crippen LogP contribution >= 0.6 is 11.3 Å². The fourth-order valence-electron chi connectivity index (χ4n) is 2.44. The lowest BCUT2D eigenvalue weighted by molar-refractivity contribution is 0.302. The monoisotopic (exact) mass is 297 g/mol. The summed E-state index contributed by atoms with van der Waals surface area (Å²) in [5.41, 5.74) is 8.47. The SMILES string of the molecule is CCC(N)c1ccccc1OCc1csc2ccccc12. The second-order valence-corrected chi connectivity index (χ2v) is 6.01. The Morgan fingerprint density at radius 2 is 1.86 bits per heavy atom. The Balaban J connectivity index is 1.82. The minimum Gasteiger partial charge on any atom is -0.489 e. The first-order valence-corrected chi connectivity index (χ1v) is 8.10. The van der Waals surface area contributed by atoms with Gasteiger partial charge in [0.1, 0.15) is 12.4 Å². The van der Waals surface area contributed by atoms with Gasteiger partial charge in [-0.15, -0.1) is 11.3 Å². The average Bonchev–Trinajstić information content (AvgIpc) is 2.96. The molecule has 0 radical (unpaired) electrons. The van der Waals surface area contributed by atoms with Crippen LogP contribution in [0.3, 0.4) is 0 Å². The predicted octanol–water partition coefficient (Wildman–Crippen LogP) is 4.89. The molecule has 0 saturated heterocycles. The first-order valence-electron chi connectivity index (χ1n) is 7.22. The molecule has 0 bridgehead atoms. The van der Waals surface area contributed by atoms with Crippen LogP contribution in [0, 0.1) is 0 Å². The van der Waals surface area contributed by atoms with E-state index in [2.05, 4.69) is 42.6 Å². The molecule has 21 heavy (non-hydrogen) atoms. The number of rotatable bonds is 5. The standard InChI is InChI=1S/C18H19NOS/c1-2-16(19)15-8-3-5-9-17(15)20-11-13-12-21-18-10-6-4-7-14(13)18/h3-10,12,16H,2,11,19H2,1H3. The molecule has 2 N–H and O–H groups in total. The Morgan fingerprint density at radius 1 is 1.10 bits per heavy atom. The molecular weight excluding hydrogens is 278 g/mol. The summed E-state index contributed by atoms with van der Waals surface area (Å²) in [4.78, 5) is 0. The first-order chi connectivity index (χ1) is 10.3. The molecule has 3 rings (SSSR count). The third-order valence-electron chi connectivity index (χ3n) is 3.70. The smallest absolute Gasteiger partial charge is 0.124 e. The largest absolute Gasteiger partial charge is 0.489 e. The highest BCUT2D eigenvalue weighted by Gasteiger charge is 2.11. The zero-order chi connectivity index (χ0) is 14.7. The van der Waals surface area contributed by atoms with Crippen molar-refractivity contribution in [2.24, 2.45) is 5.73 Å². The summed E-state index contributed by atoms with van der Waals surface area (Å²) in [7, 11) is 0. The van der Waals surface area contributed by atoms with E-state index in [4.69, 9.17) is 10.5 Å². The highest BCUT2D eigenvalue weighted by atomic mass is 32.1. The number of fused-ring (bicyclic) bond motifs is 1. The normalized spacial score (nSPS) is 12.5. The Labute approximate surface area is 129 Å². The third-order valence-corrected chi connectivity index (χ3v) is 4.71. The van der Waals surface area contributed by atoms with Crippen LogP contribution in [0.15, 0.2) is 53.9 Å². The zero-order valence-electron chi connectivity index (χ0n) is 12.1. The van der Waals surface area contributed by atoms with Crippen molar-refractivity contribution in [2.45, 2.75) is 26.0 Å². The van der Waals surface area contributed by atoms with Crippen molar-refractivity contribution >= 4 is 21.4 Å². The maximum absolute atomic E-state index is 6.16. The Hall–Kier alpha value is -1.84. The van der Waals surface area contributed by atoms with Crippen LogP contribution in [0.2, 0.25) is 0 Å². The zero-order valence-corrected chi connectivity index (χ0v) is 12.9. The molecule has 0 aliphatic carbocycles. The third kappa shape index (κ3) is 2.94. The molecular formula is C18H19NOS. The second-order valence-electron chi connectivity index (χ2n) is 5.10. The van der Waals surface area contributed by atoms with Gasteiger partial charge in [0, 0.05) is 21.9 Å². The molecule has 0 aliphatic heterocycles. The van der Waals surface area contributed by atoms with Crippen molar-refractivity contribution < 1.29 is 4.74 Å². The lowest BCUT2D eigenvalue weighted by atomic mass is 10.0. The molecule has 1 heterocycles. The van der Waals surface area contributed by atoms with Crippen molar-refractivity contribution in [1.29, 1.82) is 0 Å². The summed E-state index contributed by atoms with van der Waals surface area (Å²) < 4.78 is 7.34. The Morgan fingerprint density at radius 3 is 2.71 bits per heavy atom. The van der Waals surface area contributed by atoms with Crippen LogP contribution < -0.4 is 10.5 Å². The molecule has 0 aliphatic rings. The van der Waals surface area contributed by atoms with E-state index in [-0.39, 0.29) is 6.04 Å². The number of thiophene rings is 1. The molecule has 0 saturated carbocycles. The van der Waals surface area contributed by atoms with Crippen LogP contribution in [0.4, 0.5) is 0 Å². The summed E-state index contributed by atoms with van der Waals surface area (Å²) in [5, 5.41) is 3.45. The number of hydrogen-bond acceptors (Lipinski definition) is 3. The van der Waals surface area contributed by atoms with Crippen molar-refractivity contribution in [3.8, 4) is 5.75 Å². The van der Waals surface area contributed by atoms with E-state index < -0.39 is 0 Å². The van der Waals surface area contributed by atoms with Crippen LogP contribution in [0.5, 0.6) is 5.75 Å². The molecule has 2 aromatic carbocycles. The van der Waals surface area contributed by atoms with Crippen LogP contribution in [0.25, 0.3) is 10.1 Å². The van der Waals surface area contributed by atoms with Crippen molar-refractivity contribution in [3.05, 3.63) is 65.0 Å². The lowest BCUT2D eigenvalue weighted by Crippen LogP contribution is -2.10. The van der Waals surface area contributed by atoms with E-state index in [1.54, 1.807) is 11.3 Å².